The molecule has 0 aliphatic heterocycles. The monoisotopic (exact) mass is 327 g/mol. The molecule has 0 fully saturated rings. The Kier molecular flexibility index (Phi) is 2.57. The van der Waals surface area contributed by atoms with Crippen molar-refractivity contribution >= 4 is 48.8 Å². The van der Waals surface area contributed by atoms with Crippen LogP contribution in [0.2, 0.25) is 0 Å². The first-order chi connectivity index (χ1) is 8.18. The first-order valence-corrected chi connectivity index (χ1v) is 7.29. The number of H-pyrrole nitrogens is 1. The van der Waals surface area contributed by atoms with E-state index in [2.05, 4.69) is 20.9 Å². The van der Waals surface area contributed by atoms with Gasteiger partial charge in [0.25, 0.3) is 5.56 Å². The SMILES string of the molecule is O=c1[nH]c2c(Br)csc2c(O)c1-c1cccs1. The van der Waals surface area contributed by atoms with Crippen LogP contribution in [-0.2, 0) is 0 Å². The molecule has 3 nitrogen and oxygen atoms in total. The number of hydrogen-bond acceptors (Lipinski definition) is 4. The Balaban J connectivity index is 2.44. The van der Waals surface area contributed by atoms with Gasteiger partial charge in [0, 0.05) is 10.3 Å². The van der Waals surface area contributed by atoms with E-state index in [9.17, 15) is 9.90 Å². The third-order valence-electron chi connectivity index (χ3n) is 2.43. The predicted octanol–water partition coefficient (Wildman–Crippen LogP) is 3.79. The summed E-state index contributed by atoms with van der Waals surface area (Å²) in [6, 6.07) is 3.68. The smallest absolute Gasteiger partial charge is 0.260 e. The van der Waals surface area contributed by atoms with Crippen molar-refractivity contribution in [1.29, 1.82) is 0 Å². The minimum atomic E-state index is -0.267. The maximum atomic E-state index is 12.0. The summed E-state index contributed by atoms with van der Waals surface area (Å²) >= 11 is 6.17. The fourth-order valence-corrected chi connectivity index (χ4v) is 3.98. The number of aromatic amines is 1. The lowest BCUT2D eigenvalue weighted by molar-refractivity contribution is 0.483. The summed E-state index contributed by atoms with van der Waals surface area (Å²) in [6.45, 7) is 0. The van der Waals surface area contributed by atoms with Crippen LogP contribution in [0, 0.1) is 0 Å². The number of aromatic hydroxyl groups is 1. The lowest BCUT2D eigenvalue weighted by Gasteiger charge is -2.02. The van der Waals surface area contributed by atoms with Gasteiger partial charge in [-0.25, -0.2) is 0 Å². The summed E-state index contributed by atoms with van der Waals surface area (Å²) in [5.41, 5.74) is 0.733. The Hall–Kier alpha value is -1.11. The number of nitrogens with one attached hydrogen (secondary N) is 1. The molecule has 0 radical (unpaired) electrons. The van der Waals surface area contributed by atoms with Crippen LogP contribution >= 0.6 is 38.6 Å². The highest BCUT2D eigenvalue weighted by Gasteiger charge is 2.16. The Labute approximate surface area is 112 Å². The van der Waals surface area contributed by atoms with Gasteiger partial charge in [-0.3, -0.25) is 4.79 Å². The molecule has 0 spiro atoms. The van der Waals surface area contributed by atoms with Gasteiger partial charge in [0.15, 0.2) is 0 Å². The van der Waals surface area contributed by atoms with E-state index in [0.717, 1.165) is 9.35 Å². The fraction of sp³-hybridized carbons (Fsp3) is 0. The number of aromatic nitrogens is 1. The van der Waals surface area contributed by atoms with Crippen LogP contribution in [0.25, 0.3) is 20.7 Å². The van der Waals surface area contributed by atoms with Crippen molar-refractivity contribution < 1.29 is 5.11 Å². The van der Waals surface area contributed by atoms with Crippen LogP contribution < -0.4 is 5.56 Å². The van der Waals surface area contributed by atoms with Crippen LogP contribution in [0.15, 0.2) is 32.2 Å². The number of thiophene rings is 2. The van der Waals surface area contributed by atoms with Gasteiger partial charge in [0.05, 0.1) is 14.7 Å². The van der Waals surface area contributed by atoms with E-state index in [-0.39, 0.29) is 11.3 Å². The second-order valence-corrected chi connectivity index (χ2v) is 6.12. The average Bonchev–Trinajstić information content (AvgIpc) is 2.90. The van der Waals surface area contributed by atoms with E-state index in [1.54, 1.807) is 0 Å². The molecule has 3 heterocycles. The third kappa shape index (κ3) is 1.64. The first kappa shape index (κ1) is 11.0. The van der Waals surface area contributed by atoms with Crippen molar-refractivity contribution in [2.75, 3.05) is 0 Å². The molecule has 2 N–H and O–H groups in total. The molecule has 3 rings (SSSR count). The van der Waals surface area contributed by atoms with Gasteiger partial charge in [-0.15, -0.1) is 22.7 Å². The zero-order chi connectivity index (χ0) is 12.0. The van der Waals surface area contributed by atoms with E-state index in [0.29, 0.717) is 15.8 Å². The maximum Gasteiger partial charge on any atom is 0.260 e. The number of rotatable bonds is 1. The van der Waals surface area contributed by atoms with Gasteiger partial charge < -0.3 is 10.1 Å². The lowest BCUT2D eigenvalue weighted by Crippen LogP contribution is -2.07. The third-order valence-corrected chi connectivity index (χ3v) is 5.23. The van der Waals surface area contributed by atoms with Crippen molar-refractivity contribution in [1.82, 2.24) is 4.98 Å². The molecule has 3 aromatic heterocycles. The molecule has 86 valence electrons. The highest BCUT2D eigenvalue weighted by Crippen LogP contribution is 2.39. The molecule has 0 bridgehead atoms. The van der Waals surface area contributed by atoms with Crippen molar-refractivity contribution in [2.24, 2.45) is 0 Å². The molecule has 0 saturated heterocycles. The molecule has 0 aliphatic carbocycles. The molecule has 6 heteroatoms. The second kappa shape index (κ2) is 3.97. The standard InChI is InChI=1S/C11H6BrNO2S2/c12-5-4-17-10-8(5)13-11(15)7(9(10)14)6-2-1-3-16-6/h1-4H,(H2,13,14,15). The van der Waals surface area contributed by atoms with Crippen LogP contribution in [0.4, 0.5) is 0 Å². The summed E-state index contributed by atoms with van der Waals surface area (Å²) in [5, 5.41) is 13.9. The van der Waals surface area contributed by atoms with Gasteiger partial charge in [0.2, 0.25) is 0 Å². The lowest BCUT2D eigenvalue weighted by atomic mass is 10.2. The largest absolute Gasteiger partial charge is 0.505 e. The Morgan fingerprint density at radius 2 is 2.18 bits per heavy atom. The van der Waals surface area contributed by atoms with Crippen molar-refractivity contribution in [2.45, 2.75) is 0 Å². The number of fused-ring (bicyclic) bond motifs is 1. The molecule has 17 heavy (non-hydrogen) atoms. The van der Waals surface area contributed by atoms with E-state index < -0.39 is 0 Å². The second-order valence-electron chi connectivity index (χ2n) is 3.44. The topological polar surface area (TPSA) is 53.1 Å². The Morgan fingerprint density at radius 1 is 1.35 bits per heavy atom. The van der Waals surface area contributed by atoms with Gasteiger partial charge >= 0.3 is 0 Å². The van der Waals surface area contributed by atoms with Crippen LogP contribution in [-0.4, -0.2) is 10.1 Å². The van der Waals surface area contributed by atoms with Gasteiger partial charge in [-0.05, 0) is 27.4 Å². The minimum absolute atomic E-state index is 0.0573. The Morgan fingerprint density at radius 3 is 2.88 bits per heavy atom. The predicted molar refractivity (Wildman–Crippen MR) is 75.1 cm³/mol. The van der Waals surface area contributed by atoms with Crippen LogP contribution in [0.3, 0.4) is 0 Å². The van der Waals surface area contributed by atoms with Gasteiger partial charge in [-0.2, -0.15) is 0 Å². The number of hydrogen-bond donors (Lipinski definition) is 2. The molecule has 0 saturated carbocycles. The summed E-state index contributed by atoms with van der Waals surface area (Å²) in [6.07, 6.45) is 0. The van der Waals surface area contributed by atoms with E-state index >= 15 is 0 Å². The van der Waals surface area contributed by atoms with E-state index in [4.69, 9.17) is 0 Å². The zero-order valence-corrected chi connectivity index (χ0v) is 11.6. The minimum Gasteiger partial charge on any atom is -0.505 e. The molecule has 0 unspecified atom stereocenters. The Bertz CT molecular complexity index is 743. The van der Waals surface area contributed by atoms with Crippen LogP contribution in [0.5, 0.6) is 5.75 Å². The van der Waals surface area contributed by atoms with Crippen molar-refractivity contribution in [3.63, 3.8) is 0 Å². The summed E-state index contributed by atoms with van der Waals surface area (Å²) in [4.78, 5) is 15.5. The van der Waals surface area contributed by atoms with Gasteiger partial charge in [-0.1, -0.05) is 6.07 Å². The number of halogens is 1. The molecular formula is C11H6BrNO2S2. The fourth-order valence-electron chi connectivity index (χ4n) is 1.67. The van der Waals surface area contributed by atoms with E-state index in [1.807, 2.05) is 22.9 Å². The van der Waals surface area contributed by atoms with Gasteiger partial charge in [0.1, 0.15) is 11.3 Å². The first-order valence-electron chi connectivity index (χ1n) is 4.74. The van der Waals surface area contributed by atoms with E-state index in [1.165, 1.54) is 22.7 Å². The summed E-state index contributed by atoms with van der Waals surface area (Å²) in [7, 11) is 0. The molecule has 0 atom stereocenters. The molecule has 3 aromatic rings. The van der Waals surface area contributed by atoms with Crippen molar-refractivity contribution in [3.05, 3.63) is 37.7 Å². The highest BCUT2D eigenvalue weighted by molar-refractivity contribution is 9.10. The molecule has 0 amide bonds. The van der Waals surface area contributed by atoms with Crippen molar-refractivity contribution in [3.8, 4) is 16.2 Å². The number of pyridine rings is 1. The molecule has 0 aliphatic rings. The summed E-state index contributed by atoms with van der Waals surface area (Å²) < 4.78 is 1.49. The normalized spacial score (nSPS) is 11.1. The highest BCUT2D eigenvalue weighted by atomic mass is 79.9. The summed E-state index contributed by atoms with van der Waals surface area (Å²) in [5.74, 6) is 0.0573. The molecule has 0 aromatic carbocycles. The molecular weight excluding hydrogens is 322 g/mol. The average molecular weight is 328 g/mol. The quantitative estimate of drug-likeness (QED) is 0.714. The maximum absolute atomic E-state index is 12.0. The zero-order valence-electron chi connectivity index (χ0n) is 8.36. The van der Waals surface area contributed by atoms with Crippen LogP contribution in [0.1, 0.15) is 0 Å².